The van der Waals surface area contributed by atoms with Crippen molar-refractivity contribution in [1.82, 2.24) is 4.98 Å². The van der Waals surface area contributed by atoms with Crippen LogP contribution >= 0.6 is 30.8 Å². The molecule has 0 amide bonds. The molecule has 0 bridgehead atoms. The van der Waals surface area contributed by atoms with Gasteiger partial charge in [0.05, 0.1) is 15.6 Å². The van der Waals surface area contributed by atoms with Crippen molar-refractivity contribution in [3.05, 3.63) is 75.9 Å². The van der Waals surface area contributed by atoms with Gasteiger partial charge in [-0.3, -0.25) is 9.55 Å². The van der Waals surface area contributed by atoms with Crippen LogP contribution in [0.4, 0.5) is 0 Å². The molecule has 2 aromatic carbocycles. The molecule has 0 aliphatic carbocycles. The Morgan fingerprint density at radius 1 is 1.07 bits per heavy atom. The van der Waals surface area contributed by atoms with E-state index < -0.39 is 19.4 Å². The van der Waals surface area contributed by atoms with Crippen molar-refractivity contribution < 1.29 is 23.1 Å². The Labute approximate surface area is 171 Å². The van der Waals surface area contributed by atoms with E-state index in [1.807, 2.05) is 0 Å². The minimum Gasteiger partial charge on any atom is -0.441 e. The van der Waals surface area contributed by atoms with Gasteiger partial charge in [-0.2, -0.15) is 0 Å². The van der Waals surface area contributed by atoms with Gasteiger partial charge in [0.1, 0.15) is 5.56 Å². The van der Waals surface area contributed by atoms with Crippen molar-refractivity contribution in [2.45, 2.75) is 5.85 Å². The second-order valence-electron chi connectivity index (χ2n) is 5.72. The molecule has 1 aromatic heterocycles. The molecular formula is C19H16Cl2NO5P. The second-order valence-corrected chi connectivity index (χ2v) is 8.84. The van der Waals surface area contributed by atoms with Crippen LogP contribution < -0.4 is 0 Å². The zero-order valence-corrected chi connectivity index (χ0v) is 17.4. The number of ether oxygens (including phenoxy) is 1. The second kappa shape index (κ2) is 8.60. The van der Waals surface area contributed by atoms with Crippen LogP contribution in [-0.2, 0) is 18.3 Å². The highest BCUT2D eigenvalue weighted by Gasteiger charge is 2.39. The SMILES string of the molecule is COP(=O)(OC)[C@@H](OC(=O)c1c(Cl)ccc2cc(Cl)cnc12)c1ccccc1. The number of esters is 1. The number of nitrogens with zero attached hydrogens (tertiary/aromatic N) is 1. The lowest BCUT2D eigenvalue weighted by Crippen LogP contribution is -2.15. The number of fused-ring (bicyclic) bond motifs is 1. The summed E-state index contributed by atoms with van der Waals surface area (Å²) in [5, 5.41) is 1.17. The van der Waals surface area contributed by atoms with Crippen LogP contribution in [0.25, 0.3) is 10.9 Å². The van der Waals surface area contributed by atoms with Crippen LogP contribution in [0.3, 0.4) is 0 Å². The lowest BCUT2D eigenvalue weighted by molar-refractivity contribution is 0.0384. The smallest absolute Gasteiger partial charge is 0.375 e. The summed E-state index contributed by atoms with van der Waals surface area (Å²) < 4.78 is 28.7. The molecule has 0 spiro atoms. The number of halogens is 2. The molecule has 146 valence electrons. The molecule has 0 radical (unpaired) electrons. The van der Waals surface area contributed by atoms with Crippen molar-refractivity contribution in [1.29, 1.82) is 0 Å². The molecule has 3 rings (SSSR count). The largest absolute Gasteiger partial charge is 0.441 e. The molecule has 0 saturated carbocycles. The molecular weight excluding hydrogens is 424 g/mol. The van der Waals surface area contributed by atoms with Gasteiger partial charge in [-0.05, 0) is 12.1 Å². The predicted molar refractivity (Wildman–Crippen MR) is 108 cm³/mol. The van der Waals surface area contributed by atoms with Gasteiger partial charge in [0.2, 0.25) is 5.85 Å². The molecule has 0 saturated heterocycles. The Morgan fingerprint density at radius 3 is 2.39 bits per heavy atom. The first-order chi connectivity index (χ1) is 13.4. The summed E-state index contributed by atoms with van der Waals surface area (Å²) in [5.74, 6) is -2.09. The monoisotopic (exact) mass is 439 g/mol. The zero-order valence-electron chi connectivity index (χ0n) is 15.0. The highest BCUT2D eigenvalue weighted by atomic mass is 35.5. The molecule has 9 heteroatoms. The summed E-state index contributed by atoms with van der Waals surface area (Å²) in [7, 11) is -1.35. The number of rotatable bonds is 6. The third kappa shape index (κ3) is 4.07. The van der Waals surface area contributed by atoms with Crippen LogP contribution in [0.5, 0.6) is 0 Å². The quantitative estimate of drug-likeness (QED) is 0.352. The summed E-state index contributed by atoms with van der Waals surface area (Å²) in [5.41, 5.74) is 0.809. The standard InChI is InChI=1S/C19H16Cl2NO5P/c1-25-28(24,26-2)19(12-6-4-3-5-7-12)27-18(23)16-15(21)9-8-13-10-14(20)11-22-17(13)16/h3-11,19H,1-2H3/t19-/m1/s1. The maximum Gasteiger partial charge on any atom is 0.375 e. The van der Waals surface area contributed by atoms with E-state index in [1.165, 1.54) is 20.4 Å². The predicted octanol–water partition coefficient (Wildman–Crippen LogP) is 5.88. The zero-order chi connectivity index (χ0) is 20.3. The molecule has 0 fully saturated rings. The Bertz CT molecular complexity index is 1050. The van der Waals surface area contributed by atoms with Crippen LogP contribution in [0, 0.1) is 0 Å². The van der Waals surface area contributed by atoms with Crippen molar-refractivity contribution in [3.8, 4) is 0 Å². The highest BCUT2D eigenvalue weighted by molar-refractivity contribution is 7.54. The fraction of sp³-hybridized carbons (Fsp3) is 0.158. The Morgan fingerprint density at radius 2 is 1.75 bits per heavy atom. The van der Waals surface area contributed by atoms with Crippen LogP contribution in [-0.4, -0.2) is 25.2 Å². The molecule has 1 atom stereocenters. The molecule has 3 aromatic rings. The minimum atomic E-state index is -3.80. The molecule has 0 N–H and O–H groups in total. The molecule has 0 aliphatic rings. The van der Waals surface area contributed by atoms with E-state index in [2.05, 4.69) is 4.98 Å². The summed E-state index contributed by atoms with van der Waals surface area (Å²) in [6.45, 7) is 0. The first-order valence-electron chi connectivity index (χ1n) is 8.10. The average molecular weight is 440 g/mol. The average Bonchev–Trinajstić information content (AvgIpc) is 2.72. The van der Waals surface area contributed by atoms with Gasteiger partial charge in [0, 0.05) is 31.4 Å². The van der Waals surface area contributed by atoms with E-state index in [9.17, 15) is 9.36 Å². The Kier molecular flexibility index (Phi) is 6.38. The Balaban J connectivity index is 2.07. The number of carbonyl (C=O) groups excluding carboxylic acids is 1. The number of pyridine rings is 1. The fourth-order valence-corrected chi connectivity index (χ4v) is 4.39. The van der Waals surface area contributed by atoms with E-state index in [1.54, 1.807) is 48.5 Å². The van der Waals surface area contributed by atoms with Gasteiger partial charge in [-0.1, -0.05) is 59.6 Å². The third-order valence-corrected chi connectivity index (χ3v) is 6.59. The first kappa shape index (κ1) is 20.8. The Hall–Kier alpha value is -1.95. The summed E-state index contributed by atoms with van der Waals surface area (Å²) in [6.07, 6.45) is 1.40. The van der Waals surface area contributed by atoms with Gasteiger partial charge in [-0.15, -0.1) is 0 Å². The van der Waals surface area contributed by atoms with Crippen molar-refractivity contribution in [2.75, 3.05) is 14.2 Å². The van der Waals surface area contributed by atoms with Crippen LogP contribution in [0.2, 0.25) is 10.0 Å². The van der Waals surface area contributed by atoms with E-state index in [4.69, 9.17) is 37.0 Å². The van der Waals surface area contributed by atoms with Gasteiger partial charge in [0.15, 0.2) is 0 Å². The molecule has 0 unspecified atom stereocenters. The minimum absolute atomic E-state index is 0.0375. The van der Waals surface area contributed by atoms with E-state index in [0.29, 0.717) is 21.5 Å². The maximum atomic E-state index is 13.0. The topological polar surface area (TPSA) is 74.7 Å². The molecule has 1 heterocycles. The van der Waals surface area contributed by atoms with Crippen molar-refractivity contribution in [3.63, 3.8) is 0 Å². The van der Waals surface area contributed by atoms with Crippen LogP contribution in [0.15, 0.2) is 54.7 Å². The van der Waals surface area contributed by atoms with Gasteiger partial charge < -0.3 is 13.8 Å². The van der Waals surface area contributed by atoms with Crippen LogP contribution in [0.1, 0.15) is 21.8 Å². The summed E-state index contributed by atoms with van der Waals surface area (Å²) >= 11 is 12.2. The van der Waals surface area contributed by atoms with Crippen molar-refractivity contribution >= 4 is 47.7 Å². The lowest BCUT2D eigenvalue weighted by Gasteiger charge is -2.24. The van der Waals surface area contributed by atoms with Gasteiger partial charge >= 0.3 is 13.6 Å². The number of benzene rings is 2. The number of hydrogen-bond donors (Lipinski definition) is 0. The van der Waals surface area contributed by atoms with Gasteiger partial charge in [-0.25, -0.2) is 4.79 Å². The van der Waals surface area contributed by atoms with Crippen molar-refractivity contribution in [2.24, 2.45) is 0 Å². The fourth-order valence-electron chi connectivity index (χ4n) is 2.70. The number of hydrogen-bond acceptors (Lipinski definition) is 6. The number of carbonyl (C=O) groups is 1. The number of aromatic nitrogens is 1. The van der Waals surface area contributed by atoms with E-state index in [0.717, 1.165) is 0 Å². The molecule has 0 aliphatic heterocycles. The van der Waals surface area contributed by atoms with E-state index >= 15 is 0 Å². The first-order valence-corrected chi connectivity index (χ1v) is 10.5. The third-order valence-electron chi connectivity index (χ3n) is 4.07. The summed E-state index contributed by atoms with van der Waals surface area (Å²) in [4.78, 5) is 17.2. The maximum absolute atomic E-state index is 13.0. The lowest BCUT2D eigenvalue weighted by atomic mass is 10.1. The molecule has 28 heavy (non-hydrogen) atoms. The van der Waals surface area contributed by atoms with Gasteiger partial charge in [0.25, 0.3) is 0 Å². The molecule has 6 nitrogen and oxygen atoms in total. The normalized spacial score (nSPS) is 12.7. The highest BCUT2D eigenvalue weighted by Crippen LogP contribution is 2.60. The van der Waals surface area contributed by atoms with E-state index in [-0.39, 0.29) is 10.6 Å². The summed E-state index contributed by atoms with van der Waals surface area (Å²) in [6, 6.07) is 13.4.